The van der Waals surface area contributed by atoms with E-state index in [9.17, 15) is 10.1 Å². The molecule has 108 valence electrons. The molecule has 21 heavy (non-hydrogen) atoms. The number of benzene rings is 1. The first-order valence-corrected chi connectivity index (χ1v) is 8.04. The Bertz CT molecular complexity index is 770. The second-order valence-electron chi connectivity index (χ2n) is 4.30. The van der Waals surface area contributed by atoms with Crippen LogP contribution in [0.5, 0.6) is 5.75 Å². The second-order valence-corrected chi connectivity index (χ2v) is 5.73. The highest BCUT2D eigenvalue weighted by Gasteiger charge is 2.12. The molecule has 0 N–H and O–H groups in total. The number of non-ortho nitro benzene ring substituents is 1. The SMILES string of the molecule is O=[N+]([O-])c1ccc(OCc2cn3ccsc3n2)c(CBr)c1. The third kappa shape index (κ3) is 2.91. The molecule has 0 aliphatic carbocycles. The molecule has 0 unspecified atom stereocenters. The Kier molecular flexibility index (Phi) is 3.89. The maximum absolute atomic E-state index is 10.8. The summed E-state index contributed by atoms with van der Waals surface area (Å²) in [5.74, 6) is 0.619. The Morgan fingerprint density at radius 3 is 3.05 bits per heavy atom. The molecule has 2 heterocycles. The van der Waals surface area contributed by atoms with Gasteiger partial charge in [0.2, 0.25) is 0 Å². The predicted octanol–water partition coefficient (Wildman–Crippen LogP) is 3.78. The van der Waals surface area contributed by atoms with E-state index in [1.807, 2.05) is 22.2 Å². The van der Waals surface area contributed by atoms with Gasteiger partial charge in [-0.3, -0.25) is 14.5 Å². The highest BCUT2D eigenvalue weighted by molar-refractivity contribution is 9.08. The summed E-state index contributed by atoms with van der Waals surface area (Å²) in [6, 6.07) is 4.57. The maximum Gasteiger partial charge on any atom is 0.270 e. The van der Waals surface area contributed by atoms with Gasteiger partial charge in [-0.2, -0.15) is 0 Å². The summed E-state index contributed by atoms with van der Waals surface area (Å²) in [4.78, 5) is 15.7. The van der Waals surface area contributed by atoms with Crippen LogP contribution >= 0.6 is 27.3 Å². The Labute approximate surface area is 132 Å². The van der Waals surface area contributed by atoms with Crippen LogP contribution in [0.2, 0.25) is 0 Å². The van der Waals surface area contributed by atoms with Crippen molar-refractivity contribution in [1.82, 2.24) is 9.38 Å². The molecule has 0 radical (unpaired) electrons. The summed E-state index contributed by atoms with van der Waals surface area (Å²) < 4.78 is 7.66. The lowest BCUT2D eigenvalue weighted by atomic mass is 10.2. The summed E-state index contributed by atoms with van der Waals surface area (Å²) in [5, 5.41) is 13.2. The molecule has 0 aliphatic heterocycles. The van der Waals surface area contributed by atoms with E-state index in [0.717, 1.165) is 16.2 Å². The van der Waals surface area contributed by atoms with Crippen molar-refractivity contribution in [3.05, 3.63) is 57.3 Å². The fraction of sp³-hybridized carbons (Fsp3) is 0.154. The van der Waals surface area contributed by atoms with Crippen molar-refractivity contribution in [1.29, 1.82) is 0 Å². The van der Waals surface area contributed by atoms with Gasteiger partial charge in [-0.05, 0) is 6.07 Å². The molecule has 0 bridgehead atoms. The molecule has 0 fully saturated rings. The summed E-state index contributed by atoms with van der Waals surface area (Å²) in [6.45, 7) is 0.326. The van der Waals surface area contributed by atoms with Crippen LogP contribution < -0.4 is 4.74 Å². The molecule has 0 saturated heterocycles. The monoisotopic (exact) mass is 367 g/mol. The number of hydrogen-bond acceptors (Lipinski definition) is 5. The number of ether oxygens (including phenoxy) is 1. The van der Waals surface area contributed by atoms with Crippen molar-refractivity contribution in [3.8, 4) is 5.75 Å². The van der Waals surface area contributed by atoms with Crippen LogP contribution in [-0.4, -0.2) is 14.3 Å². The van der Waals surface area contributed by atoms with Gasteiger partial charge in [0.1, 0.15) is 12.4 Å². The zero-order valence-corrected chi connectivity index (χ0v) is 13.1. The number of hydrogen-bond donors (Lipinski definition) is 0. The highest BCUT2D eigenvalue weighted by atomic mass is 79.9. The van der Waals surface area contributed by atoms with Gasteiger partial charge in [-0.15, -0.1) is 11.3 Å². The lowest BCUT2D eigenvalue weighted by Crippen LogP contribution is -1.99. The van der Waals surface area contributed by atoms with E-state index in [2.05, 4.69) is 20.9 Å². The minimum absolute atomic E-state index is 0.0549. The van der Waals surface area contributed by atoms with E-state index in [1.165, 1.54) is 12.1 Å². The van der Waals surface area contributed by atoms with Crippen molar-refractivity contribution < 1.29 is 9.66 Å². The number of nitrogens with zero attached hydrogens (tertiary/aromatic N) is 3. The third-order valence-electron chi connectivity index (χ3n) is 2.92. The largest absolute Gasteiger partial charge is 0.487 e. The van der Waals surface area contributed by atoms with Crippen LogP contribution in [0.15, 0.2) is 36.0 Å². The Morgan fingerprint density at radius 2 is 2.33 bits per heavy atom. The Morgan fingerprint density at radius 1 is 1.48 bits per heavy atom. The third-order valence-corrected chi connectivity index (χ3v) is 4.29. The lowest BCUT2D eigenvalue weighted by molar-refractivity contribution is -0.384. The van der Waals surface area contributed by atoms with Gasteiger partial charge >= 0.3 is 0 Å². The molecule has 0 atom stereocenters. The number of alkyl halides is 1. The quantitative estimate of drug-likeness (QED) is 0.390. The van der Waals surface area contributed by atoms with Crippen LogP contribution in [-0.2, 0) is 11.9 Å². The lowest BCUT2D eigenvalue weighted by Gasteiger charge is -2.08. The number of fused-ring (bicyclic) bond motifs is 1. The Hall–Kier alpha value is -1.93. The molecule has 0 aliphatic rings. The summed E-state index contributed by atoms with van der Waals surface area (Å²) in [6.07, 6.45) is 3.84. The molecule has 0 amide bonds. The van der Waals surface area contributed by atoms with Crippen LogP contribution in [0.4, 0.5) is 5.69 Å². The van der Waals surface area contributed by atoms with Crippen LogP contribution in [0.25, 0.3) is 4.96 Å². The van der Waals surface area contributed by atoms with E-state index in [0.29, 0.717) is 17.7 Å². The van der Waals surface area contributed by atoms with Gasteiger partial charge < -0.3 is 4.74 Å². The molecule has 6 nitrogen and oxygen atoms in total. The number of rotatable bonds is 5. The number of imidazole rings is 1. The average molecular weight is 368 g/mol. The van der Waals surface area contributed by atoms with Crippen molar-refractivity contribution >= 4 is 37.9 Å². The smallest absolute Gasteiger partial charge is 0.270 e. The fourth-order valence-corrected chi connectivity index (χ4v) is 3.08. The molecule has 8 heteroatoms. The van der Waals surface area contributed by atoms with E-state index in [-0.39, 0.29) is 5.69 Å². The predicted molar refractivity (Wildman–Crippen MR) is 83.1 cm³/mol. The number of halogens is 1. The normalized spacial score (nSPS) is 10.9. The zero-order valence-electron chi connectivity index (χ0n) is 10.7. The topological polar surface area (TPSA) is 69.7 Å². The van der Waals surface area contributed by atoms with E-state index >= 15 is 0 Å². The molecule has 1 aromatic carbocycles. The van der Waals surface area contributed by atoms with E-state index in [4.69, 9.17) is 4.74 Å². The van der Waals surface area contributed by atoms with Gasteiger partial charge in [0.05, 0.1) is 10.6 Å². The minimum atomic E-state index is -0.417. The first-order chi connectivity index (χ1) is 10.2. The van der Waals surface area contributed by atoms with Crippen LogP contribution in [0, 0.1) is 10.1 Å². The number of nitro benzene ring substituents is 1. The minimum Gasteiger partial charge on any atom is -0.487 e. The van der Waals surface area contributed by atoms with Crippen molar-refractivity contribution in [2.45, 2.75) is 11.9 Å². The standard InChI is InChI=1S/C13H10BrN3O3S/c14-6-9-5-11(17(18)19)1-2-12(9)20-8-10-7-16-3-4-21-13(16)15-10/h1-5,7H,6,8H2. The van der Waals surface area contributed by atoms with Crippen molar-refractivity contribution in [3.63, 3.8) is 0 Å². The molecule has 2 aromatic heterocycles. The van der Waals surface area contributed by atoms with Gasteiger partial charge in [-0.1, -0.05) is 15.9 Å². The Balaban J connectivity index is 1.77. The second kappa shape index (κ2) is 5.82. The van der Waals surface area contributed by atoms with Crippen molar-refractivity contribution in [2.24, 2.45) is 0 Å². The molecular formula is C13H10BrN3O3S. The van der Waals surface area contributed by atoms with E-state index in [1.54, 1.807) is 17.4 Å². The number of thiazole rings is 1. The summed E-state index contributed by atoms with van der Waals surface area (Å²) >= 11 is 4.88. The average Bonchev–Trinajstić information content (AvgIpc) is 3.05. The molecule has 0 spiro atoms. The van der Waals surface area contributed by atoms with Crippen LogP contribution in [0.1, 0.15) is 11.3 Å². The first kappa shape index (κ1) is 14.0. The zero-order chi connectivity index (χ0) is 14.8. The maximum atomic E-state index is 10.8. The molecule has 3 aromatic rings. The van der Waals surface area contributed by atoms with Crippen LogP contribution in [0.3, 0.4) is 0 Å². The molecule has 0 saturated carbocycles. The van der Waals surface area contributed by atoms with Gasteiger partial charge in [0.15, 0.2) is 4.96 Å². The number of nitro groups is 1. The molecular weight excluding hydrogens is 358 g/mol. The van der Waals surface area contributed by atoms with Gasteiger partial charge in [-0.25, -0.2) is 4.98 Å². The van der Waals surface area contributed by atoms with Gasteiger partial charge in [0, 0.05) is 40.8 Å². The fourth-order valence-electron chi connectivity index (χ4n) is 1.92. The van der Waals surface area contributed by atoms with Gasteiger partial charge in [0.25, 0.3) is 5.69 Å². The van der Waals surface area contributed by atoms with Crippen molar-refractivity contribution in [2.75, 3.05) is 0 Å². The first-order valence-electron chi connectivity index (χ1n) is 6.04. The van der Waals surface area contributed by atoms with E-state index < -0.39 is 4.92 Å². The summed E-state index contributed by atoms with van der Waals surface area (Å²) in [7, 11) is 0. The number of aromatic nitrogens is 2. The highest BCUT2D eigenvalue weighted by Crippen LogP contribution is 2.27. The summed E-state index contributed by atoms with van der Waals surface area (Å²) in [5.41, 5.74) is 1.62. The molecule has 3 rings (SSSR count).